The highest BCUT2D eigenvalue weighted by molar-refractivity contribution is 8.04. The molecular formula is C26H27N7O7S4. The maximum Gasteiger partial charge on any atom is 0.327 e. The van der Waals surface area contributed by atoms with Gasteiger partial charge in [0.05, 0.1) is 16.2 Å². The number of nitrogens with one attached hydrogen (secondary N) is 2. The predicted molar refractivity (Wildman–Crippen MR) is 165 cm³/mol. The van der Waals surface area contributed by atoms with Crippen molar-refractivity contribution in [1.29, 1.82) is 5.26 Å². The summed E-state index contributed by atoms with van der Waals surface area (Å²) in [6.07, 6.45) is 7.77. The van der Waals surface area contributed by atoms with Gasteiger partial charge in [-0.25, -0.2) is 29.5 Å². The first-order valence-corrected chi connectivity index (χ1v) is 16.2. The molecule has 0 aliphatic carbocycles. The smallest absolute Gasteiger partial charge is 0.327 e. The molecule has 0 aromatic carbocycles. The molecule has 0 fully saturated rings. The Bertz CT molecular complexity index is 1340. The van der Waals surface area contributed by atoms with E-state index in [0.29, 0.717) is 15.7 Å². The molecule has 4 atom stereocenters. The van der Waals surface area contributed by atoms with E-state index in [-0.39, 0.29) is 36.0 Å². The van der Waals surface area contributed by atoms with Crippen LogP contribution in [-0.4, -0.2) is 83.3 Å². The molecule has 18 heteroatoms. The zero-order valence-electron chi connectivity index (χ0n) is 23.3. The van der Waals surface area contributed by atoms with Crippen LogP contribution < -0.4 is 10.6 Å². The van der Waals surface area contributed by atoms with Crippen LogP contribution in [0.3, 0.4) is 0 Å². The largest absolute Gasteiger partial charge is 0.480 e. The van der Waals surface area contributed by atoms with E-state index in [0.717, 1.165) is 47.0 Å². The Morgan fingerprint density at radius 2 is 1.50 bits per heavy atom. The number of carboxylic acids is 2. The number of aliphatic carboxylic acids is 2. The number of hydrogen-bond acceptors (Lipinski definition) is 14. The number of carboxylic acid groups (broad SMARTS) is 2. The van der Waals surface area contributed by atoms with Crippen LogP contribution in [0.25, 0.3) is 0 Å². The lowest BCUT2D eigenvalue weighted by atomic mass is 10.1. The van der Waals surface area contributed by atoms with Crippen molar-refractivity contribution < 1.29 is 34.2 Å². The third-order valence-electron chi connectivity index (χ3n) is 5.35. The summed E-state index contributed by atoms with van der Waals surface area (Å²) in [5, 5.41) is 36.5. The summed E-state index contributed by atoms with van der Waals surface area (Å²) in [4.78, 5) is 76.9. The first-order chi connectivity index (χ1) is 20.9. The molecule has 0 aliphatic rings. The first-order valence-electron chi connectivity index (χ1n) is 12.5. The van der Waals surface area contributed by atoms with Gasteiger partial charge in [0.15, 0.2) is 0 Å². The number of Topliss-reactive ketones (excluding diaryl/α,β-unsaturated/α-hetero) is 1. The van der Waals surface area contributed by atoms with Crippen LogP contribution in [0.5, 0.6) is 0 Å². The number of terminal acetylenes is 1. The maximum absolute atomic E-state index is 13.6. The van der Waals surface area contributed by atoms with Crippen LogP contribution in [0.1, 0.15) is 48.7 Å². The van der Waals surface area contributed by atoms with Gasteiger partial charge in [0.25, 0.3) is 0 Å². The van der Waals surface area contributed by atoms with Crippen molar-refractivity contribution >= 4 is 76.6 Å². The third kappa shape index (κ3) is 12.8. The van der Waals surface area contributed by atoms with Crippen molar-refractivity contribution in [2.75, 3.05) is 11.5 Å². The standard InChI is InChI=1S/C26H27N7O7S4/c1-4-41-22-5-6-28-24(33-22)21(43-11-19(26(39)40)32-15(3)35)8-16(36)7-20(17-9-23(44-12-27)30-13-29-17)42-10-18(25(37)38)31-14(2)34/h1,5-6,9,13,18-21H,7-8,10-11H2,2-3H3,(H,31,34)(H,32,35)(H,37,38)(H,39,40)/t18-,19-,20?,21?/m0/s1. The monoisotopic (exact) mass is 677 g/mol. The van der Waals surface area contributed by atoms with E-state index >= 15 is 0 Å². The van der Waals surface area contributed by atoms with Crippen LogP contribution >= 0.6 is 47.0 Å². The average Bonchev–Trinajstić information content (AvgIpc) is 2.96. The minimum atomic E-state index is -1.26. The Labute approximate surface area is 269 Å². The lowest BCUT2D eigenvalue weighted by Crippen LogP contribution is -2.41. The van der Waals surface area contributed by atoms with Gasteiger partial charge in [-0.15, -0.1) is 29.9 Å². The number of amides is 2. The lowest BCUT2D eigenvalue weighted by Gasteiger charge is -2.21. The molecule has 4 N–H and O–H groups in total. The van der Waals surface area contributed by atoms with E-state index in [4.69, 9.17) is 11.7 Å². The van der Waals surface area contributed by atoms with E-state index in [1.165, 1.54) is 32.4 Å². The van der Waals surface area contributed by atoms with E-state index in [1.807, 2.05) is 5.40 Å². The zero-order valence-corrected chi connectivity index (χ0v) is 26.6. The molecule has 0 spiro atoms. The number of hydrogen-bond donors (Lipinski definition) is 4. The van der Waals surface area contributed by atoms with Gasteiger partial charge in [0.2, 0.25) is 11.8 Å². The van der Waals surface area contributed by atoms with E-state index < -0.39 is 46.3 Å². The fourth-order valence-electron chi connectivity index (χ4n) is 3.50. The SMILES string of the molecule is C#CSc1ccnc(C(CC(=O)CC(SC[C@H](NC(C)=O)C(=O)O)c2cc(SC#N)ncn2)SC[C@H](NC(C)=O)C(=O)O)n1. The number of rotatable bonds is 18. The van der Waals surface area contributed by atoms with E-state index in [2.05, 4.69) is 35.8 Å². The van der Waals surface area contributed by atoms with E-state index in [1.54, 1.807) is 6.07 Å². The van der Waals surface area contributed by atoms with Crippen molar-refractivity contribution in [1.82, 2.24) is 30.6 Å². The molecule has 0 radical (unpaired) electrons. The zero-order chi connectivity index (χ0) is 32.6. The summed E-state index contributed by atoms with van der Waals surface area (Å²) in [5.41, 5.74) is 0.368. The Balaban J connectivity index is 2.36. The highest BCUT2D eigenvalue weighted by Gasteiger charge is 2.28. The topological polar surface area (TPSA) is 225 Å². The van der Waals surface area contributed by atoms with Crippen LogP contribution in [0.15, 0.2) is 34.7 Å². The Kier molecular flexibility index (Phi) is 15.5. The van der Waals surface area contributed by atoms with E-state index in [9.17, 15) is 34.2 Å². The highest BCUT2D eigenvalue weighted by Crippen LogP contribution is 2.37. The molecular weight excluding hydrogens is 651 g/mol. The van der Waals surface area contributed by atoms with Gasteiger partial charge >= 0.3 is 11.9 Å². The molecule has 2 aromatic heterocycles. The van der Waals surface area contributed by atoms with Gasteiger partial charge in [-0.2, -0.15) is 5.26 Å². The molecule has 0 saturated heterocycles. The molecule has 0 aliphatic heterocycles. The second-order valence-electron chi connectivity index (χ2n) is 8.72. The van der Waals surface area contributed by atoms with Gasteiger partial charge < -0.3 is 20.8 Å². The van der Waals surface area contributed by atoms with Crippen molar-refractivity contribution in [2.45, 2.75) is 59.3 Å². The molecule has 14 nitrogen and oxygen atoms in total. The van der Waals surface area contributed by atoms with Crippen molar-refractivity contribution in [2.24, 2.45) is 0 Å². The van der Waals surface area contributed by atoms with Gasteiger partial charge in [0, 0.05) is 56.2 Å². The van der Waals surface area contributed by atoms with Crippen molar-refractivity contribution in [3.8, 4) is 17.1 Å². The Morgan fingerprint density at radius 1 is 0.909 bits per heavy atom. The van der Waals surface area contributed by atoms with Gasteiger partial charge in [0.1, 0.15) is 45.5 Å². The number of aromatic nitrogens is 4. The first kappa shape index (κ1) is 36.4. The predicted octanol–water partition coefficient (Wildman–Crippen LogP) is 2.30. The van der Waals surface area contributed by atoms with Crippen molar-refractivity contribution in [3.63, 3.8) is 0 Å². The second kappa shape index (κ2) is 18.7. The Morgan fingerprint density at radius 3 is 2.05 bits per heavy atom. The molecule has 2 heterocycles. The Hall–Kier alpha value is -3.84. The summed E-state index contributed by atoms with van der Waals surface area (Å²) in [6, 6.07) is 0.634. The maximum atomic E-state index is 13.6. The third-order valence-corrected chi connectivity index (χ3v) is 9.07. The summed E-state index contributed by atoms with van der Waals surface area (Å²) in [5.74, 6) is -3.87. The molecule has 2 unspecified atom stereocenters. The number of thiocyanates is 1. The number of thioether (sulfide) groups is 4. The lowest BCUT2D eigenvalue weighted by molar-refractivity contribution is -0.141. The highest BCUT2D eigenvalue weighted by atomic mass is 32.2. The normalized spacial score (nSPS) is 13.3. The number of nitriles is 1. The average molecular weight is 678 g/mol. The van der Waals surface area contributed by atoms with Crippen LogP contribution in [0.2, 0.25) is 0 Å². The number of nitrogens with zero attached hydrogens (tertiary/aromatic N) is 5. The van der Waals surface area contributed by atoms with Crippen molar-refractivity contribution in [3.05, 3.63) is 36.2 Å². The molecule has 2 amide bonds. The van der Waals surface area contributed by atoms with Gasteiger partial charge in [-0.05, 0) is 29.1 Å². The number of carbonyl (C=O) groups is 5. The molecule has 2 aromatic rings. The summed E-state index contributed by atoms with van der Waals surface area (Å²) < 4.78 is 0. The summed E-state index contributed by atoms with van der Waals surface area (Å²) in [6.45, 7) is 2.38. The molecule has 2 rings (SSSR count). The summed E-state index contributed by atoms with van der Waals surface area (Å²) >= 11 is 3.94. The number of ketones is 1. The van der Waals surface area contributed by atoms with Crippen LogP contribution in [-0.2, 0) is 24.0 Å². The minimum Gasteiger partial charge on any atom is -0.480 e. The number of carbonyl (C=O) groups excluding carboxylic acids is 3. The fourth-order valence-corrected chi connectivity index (χ4v) is 6.73. The summed E-state index contributed by atoms with van der Waals surface area (Å²) in [7, 11) is 0. The van der Waals surface area contributed by atoms with Gasteiger partial charge in [-0.3, -0.25) is 14.4 Å². The van der Waals surface area contributed by atoms with Gasteiger partial charge in [-0.1, -0.05) is 0 Å². The molecule has 0 bridgehead atoms. The van der Waals surface area contributed by atoms with Crippen LogP contribution in [0.4, 0.5) is 0 Å². The molecule has 0 saturated carbocycles. The minimum absolute atomic E-state index is 0.0960. The molecule has 232 valence electrons. The second-order valence-corrected chi connectivity index (χ2v) is 12.9. The van der Waals surface area contributed by atoms with Crippen LogP contribution in [0, 0.1) is 22.3 Å². The molecule has 44 heavy (non-hydrogen) atoms. The quantitative estimate of drug-likeness (QED) is 0.0768. The fraction of sp³-hybridized carbons (Fsp3) is 0.385.